The Morgan fingerprint density at radius 1 is 1.33 bits per heavy atom. The zero-order chi connectivity index (χ0) is 15.3. The molecule has 0 fully saturated rings. The first-order valence-corrected chi connectivity index (χ1v) is 8.24. The Hall–Kier alpha value is -1.71. The summed E-state index contributed by atoms with van der Waals surface area (Å²) in [5.41, 5.74) is 1.73. The highest BCUT2D eigenvalue weighted by Crippen LogP contribution is 2.17. The second kappa shape index (κ2) is 6.83. The summed E-state index contributed by atoms with van der Waals surface area (Å²) in [6.45, 7) is 5.13. The Bertz CT molecular complexity index is 662. The lowest BCUT2D eigenvalue weighted by atomic mass is 10.3. The maximum Gasteiger partial charge on any atom is 0.244 e. The number of hydrogen-bond acceptors (Lipinski definition) is 5. The average molecular weight is 312 g/mol. The quantitative estimate of drug-likeness (QED) is 0.527. The van der Waals surface area contributed by atoms with Crippen LogP contribution in [0, 0.1) is 6.92 Å². The predicted molar refractivity (Wildman–Crippen MR) is 77.9 cm³/mol. The third-order valence-electron chi connectivity index (χ3n) is 2.96. The fourth-order valence-corrected chi connectivity index (χ4v) is 3.32. The molecule has 2 aromatic rings. The van der Waals surface area contributed by atoms with Gasteiger partial charge in [-0.2, -0.15) is 5.10 Å². The van der Waals surface area contributed by atoms with E-state index in [0.717, 1.165) is 13.0 Å². The molecule has 0 radical (unpaired) electrons. The molecule has 2 rings (SSSR count). The Morgan fingerprint density at radius 2 is 2.14 bits per heavy atom. The van der Waals surface area contributed by atoms with Gasteiger partial charge in [0, 0.05) is 18.4 Å². The van der Waals surface area contributed by atoms with E-state index in [1.165, 1.54) is 6.33 Å². The van der Waals surface area contributed by atoms with Crippen molar-refractivity contribution in [2.75, 3.05) is 6.54 Å². The van der Waals surface area contributed by atoms with Crippen LogP contribution in [0.25, 0.3) is 0 Å². The van der Waals surface area contributed by atoms with Crippen molar-refractivity contribution in [2.45, 2.75) is 38.3 Å². The van der Waals surface area contributed by atoms with Gasteiger partial charge in [-0.3, -0.25) is 5.10 Å². The smallest absolute Gasteiger partial charge is 0.244 e. The van der Waals surface area contributed by atoms with Gasteiger partial charge in [0.25, 0.3) is 0 Å². The maximum atomic E-state index is 12.4. The Labute approximate surface area is 123 Å². The lowest BCUT2D eigenvalue weighted by molar-refractivity contribution is 0.576. The molecule has 0 aliphatic carbocycles. The van der Waals surface area contributed by atoms with Gasteiger partial charge in [0.05, 0.1) is 24.3 Å². The molecule has 4 N–H and O–H groups in total. The highest BCUT2D eigenvalue weighted by molar-refractivity contribution is 7.89. The van der Waals surface area contributed by atoms with E-state index >= 15 is 0 Å². The third kappa shape index (κ3) is 3.90. The molecule has 0 atom stereocenters. The van der Waals surface area contributed by atoms with Crippen molar-refractivity contribution in [1.29, 1.82) is 0 Å². The molecule has 2 heterocycles. The van der Waals surface area contributed by atoms with Crippen molar-refractivity contribution in [3.63, 3.8) is 0 Å². The zero-order valence-electron chi connectivity index (χ0n) is 12.1. The fraction of sp³-hybridized carbons (Fsp3) is 0.500. The van der Waals surface area contributed by atoms with Crippen LogP contribution in [0.3, 0.4) is 0 Å². The minimum absolute atomic E-state index is 0.161. The number of nitrogens with one attached hydrogen (secondary N) is 4. The summed E-state index contributed by atoms with van der Waals surface area (Å²) in [6.07, 6.45) is 4.06. The van der Waals surface area contributed by atoms with Crippen molar-refractivity contribution in [3.8, 4) is 0 Å². The number of sulfonamides is 1. The monoisotopic (exact) mass is 312 g/mol. The number of H-pyrrole nitrogens is 2. The molecular weight excluding hydrogens is 292 g/mol. The summed E-state index contributed by atoms with van der Waals surface area (Å²) in [4.78, 5) is 6.92. The summed E-state index contributed by atoms with van der Waals surface area (Å²) in [7, 11) is -3.62. The van der Waals surface area contributed by atoms with Crippen LogP contribution < -0.4 is 10.0 Å². The first kappa shape index (κ1) is 15.7. The molecule has 9 heteroatoms. The van der Waals surface area contributed by atoms with Crippen molar-refractivity contribution in [3.05, 3.63) is 29.6 Å². The number of nitrogens with zero attached hydrogens (tertiary/aromatic N) is 2. The van der Waals surface area contributed by atoms with Gasteiger partial charge in [0.15, 0.2) is 0 Å². The number of hydrogen-bond donors (Lipinski definition) is 4. The molecule has 116 valence electrons. The van der Waals surface area contributed by atoms with Crippen LogP contribution in [0.15, 0.2) is 17.4 Å². The molecule has 2 aromatic heterocycles. The standard InChI is InChI=1S/C12H20N6O2S/c1-3-4-13-7-11-12(9(2)17-18-11)21(19,20)16-6-10-5-14-8-15-10/h5,8,13,16H,3-4,6-7H2,1-2H3,(H,14,15)(H,17,18). The highest BCUT2D eigenvalue weighted by atomic mass is 32.2. The van der Waals surface area contributed by atoms with E-state index in [1.807, 2.05) is 6.92 Å². The second-order valence-electron chi connectivity index (χ2n) is 4.70. The van der Waals surface area contributed by atoms with Gasteiger partial charge < -0.3 is 10.3 Å². The van der Waals surface area contributed by atoms with E-state index in [-0.39, 0.29) is 11.4 Å². The van der Waals surface area contributed by atoms with Gasteiger partial charge >= 0.3 is 0 Å². The molecule has 0 bridgehead atoms. The van der Waals surface area contributed by atoms with Gasteiger partial charge in [-0.25, -0.2) is 18.1 Å². The van der Waals surface area contributed by atoms with Crippen molar-refractivity contribution < 1.29 is 8.42 Å². The minimum Gasteiger partial charge on any atom is -0.347 e. The van der Waals surface area contributed by atoms with Gasteiger partial charge in [-0.05, 0) is 19.9 Å². The van der Waals surface area contributed by atoms with Crippen molar-refractivity contribution in [2.24, 2.45) is 0 Å². The topological polar surface area (TPSA) is 116 Å². The summed E-state index contributed by atoms with van der Waals surface area (Å²) in [5, 5.41) is 9.96. The molecule has 0 amide bonds. The lowest BCUT2D eigenvalue weighted by Crippen LogP contribution is -2.26. The Morgan fingerprint density at radius 3 is 2.81 bits per heavy atom. The van der Waals surface area contributed by atoms with Crippen LogP contribution >= 0.6 is 0 Å². The van der Waals surface area contributed by atoms with Gasteiger partial charge in [-0.1, -0.05) is 6.92 Å². The summed E-state index contributed by atoms with van der Waals surface area (Å²) in [6, 6.07) is 0. The zero-order valence-corrected chi connectivity index (χ0v) is 12.9. The number of aromatic nitrogens is 4. The van der Waals surface area contributed by atoms with Crippen LogP contribution in [0.2, 0.25) is 0 Å². The minimum atomic E-state index is -3.62. The molecule has 8 nitrogen and oxygen atoms in total. The van der Waals surface area contributed by atoms with Crippen molar-refractivity contribution >= 4 is 10.0 Å². The van der Waals surface area contributed by atoms with Crippen LogP contribution in [0.4, 0.5) is 0 Å². The first-order valence-electron chi connectivity index (χ1n) is 6.76. The molecular formula is C12H20N6O2S. The largest absolute Gasteiger partial charge is 0.347 e. The predicted octanol–water partition coefficient (Wildman–Crippen LogP) is 0.419. The number of aryl methyl sites for hydroxylation is 1. The van der Waals surface area contributed by atoms with Gasteiger partial charge in [0.1, 0.15) is 4.90 Å². The average Bonchev–Trinajstić information content (AvgIpc) is 3.07. The molecule has 0 spiro atoms. The molecule has 21 heavy (non-hydrogen) atoms. The Balaban J connectivity index is 2.13. The van der Waals surface area contributed by atoms with E-state index < -0.39 is 10.0 Å². The summed E-state index contributed by atoms with van der Waals surface area (Å²) < 4.78 is 27.4. The third-order valence-corrected chi connectivity index (χ3v) is 4.56. The summed E-state index contributed by atoms with van der Waals surface area (Å²) >= 11 is 0. The van der Waals surface area contributed by atoms with Gasteiger partial charge in [-0.15, -0.1) is 0 Å². The first-order chi connectivity index (χ1) is 10.0. The van der Waals surface area contributed by atoms with Crippen LogP contribution in [-0.4, -0.2) is 35.1 Å². The SMILES string of the molecule is CCCNCc1n[nH]c(C)c1S(=O)(=O)NCc1cnc[nH]1. The van der Waals surface area contributed by atoms with E-state index in [4.69, 9.17) is 0 Å². The van der Waals surface area contributed by atoms with E-state index in [1.54, 1.807) is 13.1 Å². The van der Waals surface area contributed by atoms with E-state index in [0.29, 0.717) is 23.6 Å². The lowest BCUT2D eigenvalue weighted by Gasteiger charge is -2.07. The van der Waals surface area contributed by atoms with Gasteiger partial charge in [0.2, 0.25) is 10.0 Å². The molecule has 0 aliphatic rings. The van der Waals surface area contributed by atoms with Crippen LogP contribution in [0.1, 0.15) is 30.4 Å². The Kier molecular flexibility index (Phi) is 5.10. The molecule has 0 aromatic carbocycles. The molecule has 0 aliphatic heterocycles. The number of aromatic amines is 2. The highest BCUT2D eigenvalue weighted by Gasteiger charge is 2.23. The normalized spacial score (nSPS) is 11.9. The van der Waals surface area contributed by atoms with Crippen LogP contribution in [-0.2, 0) is 23.1 Å². The van der Waals surface area contributed by atoms with Crippen LogP contribution in [0.5, 0.6) is 0 Å². The number of imidazole rings is 1. The number of rotatable bonds is 8. The second-order valence-corrected chi connectivity index (χ2v) is 6.41. The fourth-order valence-electron chi connectivity index (χ4n) is 1.96. The molecule has 0 saturated heterocycles. The molecule has 0 unspecified atom stereocenters. The molecule has 0 saturated carbocycles. The summed E-state index contributed by atoms with van der Waals surface area (Å²) in [5.74, 6) is 0. The van der Waals surface area contributed by atoms with E-state index in [2.05, 4.69) is 30.2 Å². The maximum absolute atomic E-state index is 12.4. The van der Waals surface area contributed by atoms with E-state index in [9.17, 15) is 8.42 Å². The van der Waals surface area contributed by atoms with Crippen molar-refractivity contribution in [1.82, 2.24) is 30.2 Å².